The van der Waals surface area contributed by atoms with Crippen molar-refractivity contribution in [2.24, 2.45) is 5.92 Å². The van der Waals surface area contributed by atoms with E-state index in [4.69, 9.17) is 4.98 Å². The zero-order valence-electron chi connectivity index (χ0n) is 16.6. The Labute approximate surface area is 165 Å². The number of amides is 1. The van der Waals surface area contributed by atoms with Gasteiger partial charge in [-0.05, 0) is 63.0 Å². The fourth-order valence-electron chi connectivity index (χ4n) is 3.97. The molecule has 1 amide bonds. The van der Waals surface area contributed by atoms with Crippen LogP contribution in [0.25, 0.3) is 10.9 Å². The smallest absolute Gasteiger partial charge is 0.221 e. The zero-order valence-corrected chi connectivity index (χ0v) is 16.6. The molecule has 2 aromatic heterocycles. The van der Waals surface area contributed by atoms with Crippen LogP contribution in [0.15, 0.2) is 42.7 Å². The van der Waals surface area contributed by atoms with E-state index >= 15 is 0 Å². The van der Waals surface area contributed by atoms with Crippen molar-refractivity contribution in [1.82, 2.24) is 19.4 Å². The number of nitrogens with zero attached hydrogens (tertiary/aromatic N) is 4. The molecule has 0 bridgehead atoms. The van der Waals surface area contributed by atoms with Gasteiger partial charge in [-0.3, -0.25) is 14.7 Å². The number of likely N-dealkylation sites (tertiary alicyclic amines) is 1. The Morgan fingerprint density at radius 3 is 2.75 bits per heavy atom. The summed E-state index contributed by atoms with van der Waals surface area (Å²) in [5, 5.41) is 3.87. The molecule has 0 saturated carbocycles. The molecule has 1 aliphatic rings. The minimum Gasteiger partial charge on any atom is -0.335 e. The van der Waals surface area contributed by atoms with Gasteiger partial charge in [-0.1, -0.05) is 6.07 Å². The largest absolute Gasteiger partial charge is 0.335 e. The number of aryl methyl sites for hydroxylation is 1. The first-order valence-electron chi connectivity index (χ1n) is 9.94. The van der Waals surface area contributed by atoms with Gasteiger partial charge in [-0.15, -0.1) is 0 Å². The Balaban J connectivity index is 1.35. The summed E-state index contributed by atoms with van der Waals surface area (Å²) in [5.74, 6) is 1.76. The van der Waals surface area contributed by atoms with Crippen molar-refractivity contribution >= 4 is 22.5 Å². The summed E-state index contributed by atoms with van der Waals surface area (Å²) in [6.45, 7) is 7.77. The second-order valence-electron chi connectivity index (χ2n) is 7.74. The number of benzene rings is 1. The molecule has 1 aliphatic heterocycles. The lowest BCUT2D eigenvalue weighted by Crippen LogP contribution is -2.34. The Morgan fingerprint density at radius 2 is 2.04 bits per heavy atom. The third kappa shape index (κ3) is 4.39. The summed E-state index contributed by atoms with van der Waals surface area (Å²) < 4.78 is 2.26. The summed E-state index contributed by atoms with van der Waals surface area (Å²) in [5.41, 5.74) is 2.88. The molecule has 1 saturated heterocycles. The first-order valence-corrected chi connectivity index (χ1v) is 9.94. The van der Waals surface area contributed by atoms with E-state index < -0.39 is 0 Å². The van der Waals surface area contributed by atoms with Crippen LogP contribution in [0.2, 0.25) is 0 Å². The SMILES string of the molecule is CC(=O)Nc1ccc2nc(CN3CCC(Cn4ccnc4C)CC3)ccc2c1. The molecule has 1 fully saturated rings. The monoisotopic (exact) mass is 377 g/mol. The second-order valence-corrected chi connectivity index (χ2v) is 7.74. The number of aromatic nitrogens is 3. The lowest BCUT2D eigenvalue weighted by atomic mass is 9.96. The maximum Gasteiger partial charge on any atom is 0.221 e. The number of fused-ring (bicyclic) bond motifs is 1. The van der Waals surface area contributed by atoms with Crippen LogP contribution in [0.4, 0.5) is 5.69 Å². The molecule has 0 radical (unpaired) electrons. The van der Waals surface area contributed by atoms with Gasteiger partial charge in [-0.2, -0.15) is 0 Å². The van der Waals surface area contributed by atoms with E-state index in [0.717, 1.165) is 60.2 Å². The van der Waals surface area contributed by atoms with Crippen LogP contribution in [-0.4, -0.2) is 38.4 Å². The third-order valence-corrected chi connectivity index (χ3v) is 5.54. The normalized spacial score (nSPS) is 15.8. The first kappa shape index (κ1) is 18.6. The summed E-state index contributed by atoms with van der Waals surface area (Å²) in [6, 6.07) is 10.0. The Bertz CT molecular complexity index is 972. The van der Waals surface area contributed by atoms with Gasteiger partial charge >= 0.3 is 0 Å². The highest BCUT2D eigenvalue weighted by molar-refractivity contribution is 5.92. The summed E-state index contributed by atoms with van der Waals surface area (Å²) >= 11 is 0. The number of piperidine rings is 1. The number of nitrogens with one attached hydrogen (secondary N) is 1. The number of hydrogen-bond donors (Lipinski definition) is 1. The third-order valence-electron chi connectivity index (χ3n) is 5.54. The van der Waals surface area contributed by atoms with Crippen LogP contribution < -0.4 is 5.32 Å². The lowest BCUT2D eigenvalue weighted by molar-refractivity contribution is -0.114. The number of anilines is 1. The van der Waals surface area contributed by atoms with Gasteiger partial charge in [0.2, 0.25) is 5.91 Å². The van der Waals surface area contributed by atoms with Crippen molar-refractivity contribution in [2.75, 3.05) is 18.4 Å². The lowest BCUT2D eigenvalue weighted by Gasteiger charge is -2.32. The predicted octanol–water partition coefficient (Wildman–Crippen LogP) is 3.61. The Hall–Kier alpha value is -2.73. The number of carbonyl (C=O) groups is 1. The van der Waals surface area contributed by atoms with Crippen molar-refractivity contribution < 1.29 is 4.79 Å². The van der Waals surface area contributed by atoms with Crippen molar-refractivity contribution in [1.29, 1.82) is 0 Å². The van der Waals surface area contributed by atoms with Crippen LogP contribution in [-0.2, 0) is 17.9 Å². The maximum absolute atomic E-state index is 11.2. The number of imidazole rings is 1. The summed E-state index contributed by atoms with van der Waals surface area (Å²) in [4.78, 5) is 22.8. The molecule has 0 unspecified atom stereocenters. The van der Waals surface area contributed by atoms with E-state index in [1.807, 2.05) is 24.4 Å². The number of hydrogen-bond acceptors (Lipinski definition) is 4. The summed E-state index contributed by atoms with van der Waals surface area (Å²) in [6.07, 6.45) is 6.39. The standard InChI is InChI=1S/C22H27N5O/c1-16-23-9-12-27(16)14-18-7-10-26(11-8-18)15-21-4-3-19-13-20(24-17(2)28)5-6-22(19)25-21/h3-6,9,12-13,18H,7-8,10-11,14-15H2,1-2H3,(H,24,28). The number of carbonyl (C=O) groups excluding carboxylic acids is 1. The van der Waals surface area contributed by atoms with E-state index in [-0.39, 0.29) is 5.91 Å². The summed E-state index contributed by atoms with van der Waals surface area (Å²) in [7, 11) is 0. The minimum atomic E-state index is -0.0597. The molecule has 4 rings (SSSR count). The molecule has 6 heteroatoms. The molecule has 0 spiro atoms. The van der Waals surface area contributed by atoms with E-state index in [0.29, 0.717) is 0 Å². The molecule has 146 valence electrons. The zero-order chi connectivity index (χ0) is 19.5. The van der Waals surface area contributed by atoms with Gasteiger partial charge < -0.3 is 9.88 Å². The van der Waals surface area contributed by atoms with Crippen molar-refractivity contribution in [3.05, 3.63) is 54.2 Å². The fraction of sp³-hybridized carbons (Fsp3) is 0.409. The fourth-order valence-corrected chi connectivity index (χ4v) is 3.97. The molecule has 0 atom stereocenters. The quantitative estimate of drug-likeness (QED) is 0.738. The molecule has 3 aromatic rings. The van der Waals surface area contributed by atoms with Crippen LogP contribution in [0.5, 0.6) is 0 Å². The van der Waals surface area contributed by atoms with Gasteiger partial charge in [-0.25, -0.2) is 4.98 Å². The van der Waals surface area contributed by atoms with Gasteiger partial charge in [0.1, 0.15) is 5.82 Å². The highest BCUT2D eigenvalue weighted by Gasteiger charge is 2.20. The minimum absolute atomic E-state index is 0.0597. The van der Waals surface area contributed by atoms with Crippen LogP contribution in [0.3, 0.4) is 0 Å². The molecular weight excluding hydrogens is 350 g/mol. The number of pyridine rings is 1. The molecule has 3 heterocycles. The molecule has 1 N–H and O–H groups in total. The average Bonchev–Trinajstić information content (AvgIpc) is 3.07. The van der Waals surface area contributed by atoms with Gasteiger partial charge in [0.25, 0.3) is 0 Å². The second kappa shape index (κ2) is 8.10. The van der Waals surface area contributed by atoms with Crippen LogP contribution in [0, 0.1) is 12.8 Å². The van der Waals surface area contributed by atoms with Crippen molar-refractivity contribution in [2.45, 2.75) is 39.8 Å². The highest BCUT2D eigenvalue weighted by atomic mass is 16.1. The molecular formula is C22H27N5O. The van der Waals surface area contributed by atoms with E-state index in [1.54, 1.807) is 0 Å². The first-order chi connectivity index (χ1) is 13.6. The van der Waals surface area contributed by atoms with Crippen LogP contribution in [0.1, 0.15) is 31.3 Å². The maximum atomic E-state index is 11.2. The molecule has 1 aromatic carbocycles. The predicted molar refractivity (Wildman–Crippen MR) is 111 cm³/mol. The average molecular weight is 377 g/mol. The Kier molecular flexibility index (Phi) is 5.39. The topological polar surface area (TPSA) is 63.1 Å². The van der Waals surface area contributed by atoms with Crippen LogP contribution >= 0.6 is 0 Å². The van der Waals surface area contributed by atoms with Crippen molar-refractivity contribution in [3.8, 4) is 0 Å². The van der Waals surface area contributed by atoms with E-state index in [1.165, 1.54) is 19.8 Å². The van der Waals surface area contributed by atoms with Gasteiger partial charge in [0.15, 0.2) is 0 Å². The Morgan fingerprint density at radius 1 is 1.21 bits per heavy atom. The van der Waals surface area contributed by atoms with Gasteiger partial charge in [0, 0.05) is 43.5 Å². The van der Waals surface area contributed by atoms with Gasteiger partial charge in [0.05, 0.1) is 11.2 Å². The van der Waals surface area contributed by atoms with E-state index in [2.05, 4.69) is 45.0 Å². The highest BCUT2D eigenvalue weighted by Crippen LogP contribution is 2.22. The molecule has 0 aliphatic carbocycles. The van der Waals surface area contributed by atoms with Crippen molar-refractivity contribution in [3.63, 3.8) is 0 Å². The molecule has 28 heavy (non-hydrogen) atoms. The molecule has 6 nitrogen and oxygen atoms in total. The van der Waals surface area contributed by atoms with E-state index in [9.17, 15) is 4.79 Å². The number of rotatable bonds is 5.